The predicted molar refractivity (Wildman–Crippen MR) is 117 cm³/mol. The van der Waals surface area contributed by atoms with Crippen LogP contribution in [-0.2, 0) is 4.79 Å². The van der Waals surface area contributed by atoms with Crippen LogP contribution in [0.2, 0.25) is 0 Å². The van der Waals surface area contributed by atoms with E-state index in [0.717, 1.165) is 27.0 Å². The molecule has 0 spiro atoms. The van der Waals surface area contributed by atoms with Crippen LogP contribution in [0.5, 0.6) is 5.75 Å². The van der Waals surface area contributed by atoms with Crippen molar-refractivity contribution in [3.63, 3.8) is 0 Å². The first-order valence-electron chi connectivity index (χ1n) is 9.20. The molecule has 2 heterocycles. The number of nitrogens with zero attached hydrogens (tertiary/aromatic N) is 2. The van der Waals surface area contributed by atoms with Crippen LogP contribution in [-0.4, -0.2) is 21.9 Å². The van der Waals surface area contributed by atoms with Crippen molar-refractivity contribution in [2.75, 3.05) is 11.9 Å². The van der Waals surface area contributed by atoms with Gasteiger partial charge in [0.15, 0.2) is 11.6 Å². The van der Waals surface area contributed by atoms with Crippen LogP contribution >= 0.6 is 11.3 Å². The molecular weight excluding hydrogens is 382 g/mol. The summed E-state index contributed by atoms with van der Waals surface area (Å²) < 4.78 is 7.78. The summed E-state index contributed by atoms with van der Waals surface area (Å²) in [5.74, 6) is 0.479. The largest absolute Gasteiger partial charge is 0.483 e. The van der Waals surface area contributed by atoms with Gasteiger partial charge in [-0.05, 0) is 17.5 Å². The molecular formula is C23H17N3O2S. The molecule has 0 radical (unpaired) electrons. The van der Waals surface area contributed by atoms with Crippen LogP contribution < -0.4 is 10.1 Å². The van der Waals surface area contributed by atoms with E-state index in [1.54, 1.807) is 11.3 Å². The number of carbonyl (C=O) groups is 1. The van der Waals surface area contributed by atoms with E-state index >= 15 is 0 Å². The third kappa shape index (κ3) is 3.46. The molecule has 5 nitrogen and oxygen atoms in total. The normalized spacial score (nSPS) is 11.0. The minimum absolute atomic E-state index is 0.0688. The van der Waals surface area contributed by atoms with Gasteiger partial charge >= 0.3 is 0 Å². The minimum Gasteiger partial charge on any atom is -0.483 e. The second-order valence-electron chi connectivity index (χ2n) is 6.58. The Kier molecular flexibility index (Phi) is 4.46. The van der Waals surface area contributed by atoms with Crippen molar-refractivity contribution < 1.29 is 9.53 Å². The molecule has 1 amide bonds. The molecule has 3 aromatic carbocycles. The molecule has 0 atom stereocenters. The Labute approximate surface area is 171 Å². The van der Waals surface area contributed by atoms with Gasteiger partial charge in [0.2, 0.25) is 0 Å². The zero-order chi connectivity index (χ0) is 19.6. The van der Waals surface area contributed by atoms with E-state index in [9.17, 15) is 4.79 Å². The first kappa shape index (κ1) is 17.5. The number of nitrogens with one attached hydrogen (secondary N) is 1. The van der Waals surface area contributed by atoms with Crippen molar-refractivity contribution >= 4 is 38.7 Å². The maximum Gasteiger partial charge on any atom is 0.262 e. The highest BCUT2D eigenvalue weighted by Gasteiger charge is 2.12. The summed E-state index contributed by atoms with van der Waals surface area (Å²) >= 11 is 1.57. The number of hydrogen-bond acceptors (Lipinski definition) is 4. The van der Waals surface area contributed by atoms with Crippen molar-refractivity contribution in [3.05, 3.63) is 84.5 Å². The molecule has 29 heavy (non-hydrogen) atoms. The third-order valence-corrected chi connectivity index (χ3v) is 5.45. The molecule has 5 rings (SSSR count). The molecule has 0 fully saturated rings. The average molecular weight is 399 g/mol. The molecule has 0 bridgehead atoms. The number of hydrogen-bond donors (Lipinski definition) is 1. The summed E-state index contributed by atoms with van der Waals surface area (Å²) in [5.41, 5.74) is 2.41. The van der Waals surface area contributed by atoms with Crippen LogP contribution in [0.15, 0.2) is 84.5 Å². The number of thiazole rings is 1. The Morgan fingerprint density at radius 2 is 1.86 bits per heavy atom. The van der Waals surface area contributed by atoms with Gasteiger partial charge in [-0.1, -0.05) is 54.6 Å². The lowest BCUT2D eigenvalue weighted by molar-refractivity contribution is -0.118. The topological polar surface area (TPSA) is 55.6 Å². The summed E-state index contributed by atoms with van der Waals surface area (Å²) in [7, 11) is 0. The van der Waals surface area contributed by atoms with Crippen molar-refractivity contribution in [1.82, 2.24) is 9.38 Å². The average Bonchev–Trinajstić information content (AvgIpc) is 3.35. The fourth-order valence-corrected chi connectivity index (χ4v) is 4.02. The number of aromatic nitrogens is 2. The van der Waals surface area contributed by atoms with Crippen LogP contribution in [0, 0.1) is 0 Å². The lowest BCUT2D eigenvalue weighted by atomic mass is 10.1. The van der Waals surface area contributed by atoms with E-state index in [1.165, 1.54) is 0 Å². The quantitative estimate of drug-likeness (QED) is 0.440. The lowest BCUT2D eigenvalue weighted by Crippen LogP contribution is -2.20. The van der Waals surface area contributed by atoms with Crippen molar-refractivity contribution in [1.29, 1.82) is 0 Å². The Morgan fingerprint density at radius 1 is 1.03 bits per heavy atom. The summed E-state index contributed by atoms with van der Waals surface area (Å²) in [4.78, 5) is 18.1. The monoisotopic (exact) mass is 399 g/mol. The summed E-state index contributed by atoms with van der Waals surface area (Å²) in [6, 6.07) is 21.4. The predicted octanol–water partition coefficient (Wildman–Crippen LogP) is 5.23. The van der Waals surface area contributed by atoms with Crippen molar-refractivity contribution in [2.45, 2.75) is 0 Å². The van der Waals surface area contributed by atoms with E-state index < -0.39 is 0 Å². The number of para-hydroxylation sites is 1. The van der Waals surface area contributed by atoms with Gasteiger partial charge in [-0.15, -0.1) is 11.3 Å². The Morgan fingerprint density at radius 3 is 2.79 bits per heavy atom. The first-order chi connectivity index (χ1) is 14.3. The molecule has 0 aliphatic carbocycles. The molecule has 5 aromatic rings. The number of carbonyl (C=O) groups excluding carboxylic acids is 1. The second kappa shape index (κ2) is 7.41. The van der Waals surface area contributed by atoms with Crippen molar-refractivity contribution in [2.24, 2.45) is 0 Å². The van der Waals surface area contributed by atoms with E-state index in [-0.39, 0.29) is 12.5 Å². The number of imidazole rings is 1. The summed E-state index contributed by atoms with van der Waals surface area (Å²) in [5, 5.41) is 7.01. The first-order valence-corrected chi connectivity index (χ1v) is 10.1. The van der Waals surface area contributed by atoms with Crippen LogP contribution in [0.4, 0.5) is 5.69 Å². The Bertz CT molecular complexity index is 1290. The maximum atomic E-state index is 12.6. The van der Waals surface area contributed by atoms with E-state index in [0.29, 0.717) is 11.4 Å². The molecule has 142 valence electrons. The lowest BCUT2D eigenvalue weighted by Gasteiger charge is -2.11. The van der Waals surface area contributed by atoms with E-state index in [4.69, 9.17) is 4.74 Å². The van der Waals surface area contributed by atoms with E-state index in [2.05, 4.69) is 10.3 Å². The van der Waals surface area contributed by atoms with Gasteiger partial charge < -0.3 is 10.1 Å². The number of benzene rings is 3. The zero-order valence-corrected chi connectivity index (χ0v) is 16.2. The summed E-state index contributed by atoms with van der Waals surface area (Å²) in [6.45, 7) is -0.0688. The van der Waals surface area contributed by atoms with Gasteiger partial charge in [-0.3, -0.25) is 9.20 Å². The minimum atomic E-state index is -0.216. The SMILES string of the molecule is O=C(COc1cccc2ccccc12)Nc1ccccc1-c1cn2ccsc2n1. The molecule has 0 saturated carbocycles. The van der Waals surface area contributed by atoms with Gasteiger partial charge in [-0.25, -0.2) is 4.98 Å². The van der Waals surface area contributed by atoms with Gasteiger partial charge in [0.25, 0.3) is 5.91 Å². The van der Waals surface area contributed by atoms with Crippen molar-refractivity contribution in [3.8, 4) is 17.0 Å². The maximum absolute atomic E-state index is 12.6. The van der Waals surface area contributed by atoms with E-state index in [1.807, 2.05) is 88.9 Å². The van der Waals surface area contributed by atoms with Gasteiger partial charge in [-0.2, -0.15) is 0 Å². The second-order valence-corrected chi connectivity index (χ2v) is 7.45. The van der Waals surface area contributed by atoms with Crippen LogP contribution in [0.25, 0.3) is 27.0 Å². The smallest absolute Gasteiger partial charge is 0.262 e. The Balaban J connectivity index is 1.34. The molecule has 6 heteroatoms. The molecule has 0 aliphatic heterocycles. The molecule has 0 unspecified atom stereocenters. The number of anilines is 1. The van der Waals surface area contributed by atoms with Crippen LogP contribution in [0.3, 0.4) is 0 Å². The zero-order valence-electron chi connectivity index (χ0n) is 15.4. The van der Waals surface area contributed by atoms with Crippen LogP contribution in [0.1, 0.15) is 0 Å². The third-order valence-electron chi connectivity index (χ3n) is 4.68. The van der Waals surface area contributed by atoms with Gasteiger partial charge in [0, 0.05) is 28.7 Å². The van der Waals surface area contributed by atoms with Gasteiger partial charge in [0.1, 0.15) is 5.75 Å². The number of amides is 1. The molecule has 2 aromatic heterocycles. The molecule has 0 saturated heterocycles. The highest BCUT2D eigenvalue weighted by Crippen LogP contribution is 2.29. The standard InChI is InChI=1S/C23H17N3O2S/c27-22(15-28-21-11-5-7-16-6-1-2-8-17(16)21)24-19-10-4-3-9-18(19)20-14-26-12-13-29-23(26)25-20/h1-14H,15H2,(H,24,27). The highest BCUT2D eigenvalue weighted by molar-refractivity contribution is 7.15. The molecule has 0 aliphatic rings. The number of ether oxygens (including phenoxy) is 1. The Hall–Kier alpha value is -3.64. The number of fused-ring (bicyclic) bond motifs is 2. The fraction of sp³-hybridized carbons (Fsp3) is 0.0435. The highest BCUT2D eigenvalue weighted by atomic mass is 32.1. The molecule has 1 N–H and O–H groups in total. The summed E-state index contributed by atoms with van der Waals surface area (Å²) in [6.07, 6.45) is 3.93. The fourth-order valence-electron chi connectivity index (χ4n) is 3.32. The number of rotatable bonds is 5. The van der Waals surface area contributed by atoms with Gasteiger partial charge in [0.05, 0.1) is 11.4 Å².